The van der Waals surface area contributed by atoms with Gasteiger partial charge in [0.2, 0.25) is 0 Å². The molecule has 1 saturated heterocycles. The van der Waals surface area contributed by atoms with Gasteiger partial charge in [0, 0.05) is 11.9 Å². The van der Waals surface area contributed by atoms with Crippen molar-refractivity contribution >= 4 is 11.6 Å². The van der Waals surface area contributed by atoms with E-state index in [1.54, 1.807) is 6.20 Å². The molecule has 3 heteroatoms. The Bertz CT molecular complexity index is 265. The molecule has 0 bridgehead atoms. The molecule has 0 amide bonds. The second-order valence-corrected chi connectivity index (χ2v) is 3.97. The summed E-state index contributed by atoms with van der Waals surface area (Å²) in [7, 11) is 0. The second-order valence-electron chi connectivity index (χ2n) is 3.53. The van der Waals surface area contributed by atoms with E-state index in [0.29, 0.717) is 5.02 Å². The number of halogens is 1. The lowest BCUT2D eigenvalue weighted by Gasteiger charge is -2.06. The highest BCUT2D eigenvalue weighted by Gasteiger charge is 2.14. The van der Waals surface area contributed by atoms with E-state index in [1.807, 2.05) is 12.1 Å². The quantitative estimate of drug-likeness (QED) is 0.782. The summed E-state index contributed by atoms with van der Waals surface area (Å²) in [5.41, 5.74) is 1.15. The zero-order valence-electron chi connectivity index (χ0n) is 7.46. The normalized spacial score (nSPS) is 22.1. The summed E-state index contributed by atoms with van der Waals surface area (Å²) >= 11 is 5.75. The number of nitrogens with zero attached hydrogens (tertiary/aromatic N) is 1. The van der Waals surface area contributed by atoms with Gasteiger partial charge in [-0.2, -0.15) is 0 Å². The summed E-state index contributed by atoms with van der Waals surface area (Å²) in [4.78, 5) is 4.28. The van der Waals surface area contributed by atoms with Crippen LogP contribution in [0.5, 0.6) is 0 Å². The number of pyridine rings is 1. The van der Waals surface area contributed by atoms with Crippen molar-refractivity contribution < 1.29 is 0 Å². The Morgan fingerprint density at radius 1 is 1.54 bits per heavy atom. The molecule has 0 spiro atoms. The van der Waals surface area contributed by atoms with Crippen molar-refractivity contribution in [1.29, 1.82) is 0 Å². The molecule has 1 aromatic rings. The minimum Gasteiger partial charge on any atom is -0.316 e. The van der Waals surface area contributed by atoms with E-state index >= 15 is 0 Å². The molecular weight excluding hydrogens is 184 g/mol. The van der Waals surface area contributed by atoms with Crippen LogP contribution in [0.2, 0.25) is 5.02 Å². The van der Waals surface area contributed by atoms with Gasteiger partial charge in [-0.05, 0) is 44.0 Å². The van der Waals surface area contributed by atoms with Gasteiger partial charge in [0.25, 0.3) is 0 Å². The zero-order valence-corrected chi connectivity index (χ0v) is 8.22. The number of rotatable bonds is 2. The molecule has 2 rings (SSSR count). The molecule has 0 unspecified atom stereocenters. The van der Waals surface area contributed by atoms with Gasteiger partial charge < -0.3 is 5.32 Å². The van der Waals surface area contributed by atoms with Gasteiger partial charge in [-0.25, -0.2) is 0 Å². The topological polar surface area (TPSA) is 24.9 Å². The molecule has 1 fully saturated rings. The molecule has 70 valence electrons. The van der Waals surface area contributed by atoms with E-state index in [1.165, 1.54) is 6.42 Å². The molecule has 13 heavy (non-hydrogen) atoms. The van der Waals surface area contributed by atoms with Crippen molar-refractivity contribution in [2.75, 3.05) is 13.1 Å². The van der Waals surface area contributed by atoms with Crippen LogP contribution in [0.4, 0.5) is 0 Å². The van der Waals surface area contributed by atoms with Crippen molar-refractivity contribution in [1.82, 2.24) is 10.3 Å². The van der Waals surface area contributed by atoms with Gasteiger partial charge in [-0.3, -0.25) is 4.98 Å². The van der Waals surface area contributed by atoms with Gasteiger partial charge in [0.05, 0.1) is 5.02 Å². The highest BCUT2D eigenvalue weighted by molar-refractivity contribution is 6.30. The predicted octanol–water partition coefficient (Wildman–Crippen LogP) is 1.89. The van der Waals surface area contributed by atoms with Crippen molar-refractivity contribution in [2.45, 2.75) is 12.8 Å². The predicted molar refractivity (Wildman–Crippen MR) is 53.9 cm³/mol. The van der Waals surface area contributed by atoms with Crippen LogP contribution in [-0.4, -0.2) is 18.1 Å². The van der Waals surface area contributed by atoms with Gasteiger partial charge in [-0.1, -0.05) is 11.6 Å². The van der Waals surface area contributed by atoms with Gasteiger partial charge >= 0.3 is 0 Å². The van der Waals surface area contributed by atoms with E-state index in [-0.39, 0.29) is 0 Å². The molecule has 1 aliphatic heterocycles. The average Bonchev–Trinajstić information content (AvgIpc) is 2.62. The van der Waals surface area contributed by atoms with Crippen molar-refractivity contribution in [3.63, 3.8) is 0 Å². The van der Waals surface area contributed by atoms with Crippen molar-refractivity contribution in [3.05, 3.63) is 29.0 Å². The van der Waals surface area contributed by atoms with Crippen LogP contribution in [0.25, 0.3) is 0 Å². The molecule has 0 aromatic carbocycles. The fourth-order valence-electron chi connectivity index (χ4n) is 1.71. The molecule has 1 atom stereocenters. The lowest BCUT2D eigenvalue weighted by molar-refractivity contribution is 0.572. The van der Waals surface area contributed by atoms with Crippen LogP contribution in [0, 0.1) is 5.92 Å². The molecular formula is C10H13ClN2. The van der Waals surface area contributed by atoms with E-state index in [0.717, 1.165) is 31.1 Å². The number of nitrogens with one attached hydrogen (secondary N) is 1. The first-order valence-electron chi connectivity index (χ1n) is 4.66. The highest BCUT2D eigenvalue weighted by Crippen LogP contribution is 2.14. The first kappa shape index (κ1) is 8.97. The van der Waals surface area contributed by atoms with Crippen LogP contribution < -0.4 is 5.32 Å². The maximum atomic E-state index is 5.75. The minimum absolute atomic E-state index is 0.716. The Hall–Kier alpha value is -0.600. The smallest absolute Gasteiger partial charge is 0.0589 e. The Balaban J connectivity index is 1.97. The first-order chi connectivity index (χ1) is 6.34. The zero-order chi connectivity index (χ0) is 9.10. The highest BCUT2D eigenvalue weighted by atomic mass is 35.5. The standard InChI is InChI=1S/C10H13ClN2/c11-9-1-2-10(13-7-9)5-8-3-4-12-6-8/h1-2,7-8,12H,3-6H2/t8-/m0/s1. The van der Waals surface area contributed by atoms with E-state index in [2.05, 4.69) is 10.3 Å². The third kappa shape index (κ3) is 2.42. The van der Waals surface area contributed by atoms with Gasteiger partial charge in [-0.15, -0.1) is 0 Å². The molecule has 2 heterocycles. The fourth-order valence-corrected chi connectivity index (χ4v) is 1.82. The maximum absolute atomic E-state index is 5.75. The lowest BCUT2D eigenvalue weighted by atomic mass is 10.0. The minimum atomic E-state index is 0.716. The van der Waals surface area contributed by atoms with E-state index < -0.39 is 0 Å². The Morgan fingerprint density at radius 3 is 3.08 bits per heavy atom. The van der Waals surface area contributed by atoms with Crippen molar-refractivity contribution in [2.24, 2.45) is 5.92 Å². The van der Waals surface area contributed by atoms with E-state index in [4.69, 9.17) is 11.6 Å². The maximum Gasteiger partial charge on any atom is 0.0589 e. The van der Waals surface area contributed by atoms with Gasteiger partial charge in [0.1, 0.15) is 0 Å². The second kappa shape index (κ2) is 4.07. The Labute approximate surface area is 83.3 Å². The van der Waals surface area contributed by atoms with Crippen LogP contribution in [0.15, 0.2) is 18.3 Å². The van der Waals surface area contributed by atoms with Crippen LogP contribution >= 0.6 is 11.6 Å². The summed E-state index contributed by atoms with van der Waals surface area (Å²) in [6.07, 6.45) is 4.06. The summed E-state index contributed by atoms with van der Waals surface area (Å²) in [5.74, 6) is 0.758. The molecule has 0 saturated carbocycles. The third-order valence-corrected chi connectivity index (χ3v) is 2.67. The average molecular weight is 197 g/mol. The molecule has 0 aliphatic carbocycles. The molecule has 1 aromatic heterocycles. The number of aromatic nitrogens is 1. The summed E-state index contributed by atoms with van der Waals surface area (Å²) in [6.45, 7) is 2.28. The van der Waals surface area contributed by atoms with Crippen LogP contribution in [0.3, 0.4) is 0 Å². The molecule has 0 radical (unpaired) electrons. The number of hydrogen-bond donors (Lipinski definition) is 1. The third-order valence-electron chi connectivity index (χ3n) is 2.45. The summed E-state index contributed by atoms with van der Waals surface area (Å²) < 4.78 is 0. The first-order valence-corrected chi connectivity index (χ1v) is 5.03. The number of hydrogen-bond acceptors (Lipinski definition) is 2. The largest absolute Gasteiger partial charge is 0.316 e. The van der Waals surface area contributed by atoms with Gasteiger partial charge in [0.15, 0.2) is 0 Å². The molecule has 1 N–H and O–H groups in total. The summed E-state index contributed by atoms with van der Waals surface area (Å²) in [5, 5.41) is 4.07. The fraction of sp³-hybridized carbons (Fsp3) is 0.500. The van der Waals surface area contributed by atoms with Crippen LogP contribution in [-0.2, 0) is 6.42 Å². The monoisotopic (exact) mass is 196 g/mol. The van der Waals surface area contributed by atoms with Crippen LogP contribution in [0.1, 0.15) is 12.1 Å². The van der Waals surface area contributed by atoms with Crippen molar-refractivity contribution in [3.8, 4) is 0 Å². The SMILES string of the molecule is Clc1ccc(C[C@@H]2CCNC2)nc1. The molecule has 1 aliphatic rings. The Morgan fingerprint density at radius 2 is 2.46 bits per heavy atom. The molecule has 2 nitrogen and oxygen atoms in total. The summed E-state index contributed by atoms with van der Waals surface area (Å²) in [6, 6.07) is 3.92. The Kier molecular flexibility index (Phi) is 2.81. The lowest BCUT2D eigenvalue weighted by Crippen LogP contribution is -2.11. The van der Waals surface area contributed by atoms with E-state index in [9.17, 15) is 0 Å².